The maximum atomic E-state index is 12.4. The zero-order chi connectivity index (χ0) is 22.6. The molecule has 2 atom stereocenters. The molecule has 2 unspecified atom stereocenters. The van der Waals surface area contributed by atoms with Crippen LogP contribution in [-0.4, -0.2) is 30.4 Å². The predicted molar refractivity (Wildman–Crippen MR) is 128 cm³/mol. The van der Waals surface area contributed by atoms with Gasteiger partial charge in [-0.05, 0) is 32.2 Å². The van der Waals surface area contributed by atoms with Gasteiger partial charge in [0.25, 0.3) is 0 Å². The van der Waals surface area contributed by atoms with E-state index in [4.69, 9.17) is 5.73 Å². The van der Waals surface area contributed by atoms with Gasteiger partial charge in [-0.3, -0.25) is 9.59 Å². The van der Waals surface area contributed by atoms with Crippen LogP contribution >= 0.6 is 0 Å². The third-order valence-electron chi connectivity index (χ3n) is 5.73. The van der Waals surface area contributed by atoms with Crippen LogP contribution in [0.4, 0.5) is 0 Å². The lowest BCUT2D eigenvalue weighted by Gasteiger charge is -2.21. The highest BCUT2D eigenvalue weighted by molar-refractivity contribution is 5.88. The van der Waals surface area contributed by atoms with E-state index in [-0.39, 0.29) is 11.9 Å². The lowest BCUT2D eigenvalue weighted by Crippen LogP contribution is -2.51. The van der Waals surface area contributed by atoms with Crippen LogP contribution in [0.3, 0.4) is 0 Å². The Morgan fingerprint density at radius 1 is 0.733 bits per heavy atom. The van der Waals surface area contributed by atoms with Crippen molar-refractivity contribution in [3.8, 4) is 0 Å². The van der Waals surface area contributed by atoms with Crippen molar-refractivity contribution in [2.45, 2.75) is 136 Å². The van der Waals surface area contributed by atoms with E-state index in [0.29, 0.717) is 5.92 Å². The van der Waals surface area contributed by atoms with Crippen LogP contribution in [0.1, 0.15) is 124 Å². The van der Waals surface area contributed by atoms with E-state index in [1.807, 2.05) is 0 Å². The number of hydrogen-bond acceptors (Lipinski definition) is 3. The summed E-state index contributed by atoms with van der Waals surface area (Å²) in [6.07, 6.45) is 19.6. The number of rotatable bonds is 21. The van der Waals surface area contributed by atoms with Gasteiger partial charge in [-0.25, -0.2) is 0 Å². The summed E-state index contributed by atoms with van der Waals surface area (Å²) < 4.78 is 0. The van der Waals surface area contributed by atoms with Gasteiger partial charge in [-0.2, -0.15) is 0 Å². The van der Waals surface area contributed by atoms with Crippen LogP contribution < -0.4 is 16.4 Å². The number of carbonyl (C=O) groups excluding carboxylic acids is 2. The Morgan fingerprint density at radius 2 is 1.17 bits per heavy atom. The quantitative estimate of drug-likeness (QED) is 0.213. The zero-order valence-electron chi connectivity index (χ0n) is 20.4. The highest BCUT2D eigenvalue weighted by Crippen LogP contribution is 2.13. The van der Waals surface area contributed by atoms with Crippen molar-refractivity contribution in [3.05, 3.63) is 0 Å². The van der Waals surface area contributed by atoms with E-state index >= 15 is 0 Å². The summed E-state index contributed by atoms with van der Waals surface area (Å²) in [5.41, 5.74) is 5.25. The zero-order valence-corrected chi connectivity index (χ0v) is 20.4. The summed E-state index contributed by atoms with van der Waals surface area (Å²) in [7, 11) is 0. The number of carbonyl (C=O) groups is 2. The molecular weight excluding hydrogens is 374 g/mol. The number of nitrogens with two attached hydrogens (primary N) is 1. The molecule has 5 nitrogen and oxygen atoms in total. The molecular formula is C25H51N3O2. The maximum absolute atomic E-state index is 12.4. The molecule has 0 saturated heterocycles. The van der Waals surface area contributed by atoms with Crippen molar-refractivity contribution in [1.29, 1.82) is 0 Å². The number of unbranched alkanes of at least 4 members (excludes halogenated alkanes) is 13. The summed E-state index contributed by atoms with van der Waals surface area (Å²) in [6.45, 7) is 8.94. The molecule has 0 fully saturated rings. The third-order valence-corrected chi connectivity index (χ3v) is 5.73. The molecule has 5 heteroatoms. The lowest BCUT2D eigenvalue weighted by molar-refractivity contribution is -0.128. The molecule has 0 saturated carbocycles. The first-order valence-electron chi connectivity index (χ1n) is 12.7. The molecule has 0 aliphatic heterocycles. The molecule has 0 aromatic rings. The summed E-state index contributed by atoms with van der Waals surface area (Å²) in [6, 6.07) is -0.885. The Morgan fingerprint density at radius 3 is 1.57 bits per heavy atom. The Kier molecular flexibility index (Phi) is 19.1. The SMILES string of the molecule is CCCCCCCCCCCCCCCCNC(CC(C)C)C(=O)NC(C)C(N)=O. The predicted octanol–water partition coefficient (Wildman–Crippen LogP) is 5.46. The molecule has 0 aliphatic carbocycles. The largest absolute Gasteiger partial charge is 0.368 e. The van der Waals surface area contributed by atoms with Crippen molar-refractivity contribution >= 4 is 11.8 Å². The Bertz CT molecular complexity index is 427. The maximum Gasteiger partial charge on any atom is 0.239 e. The van der Waals surface area contributed by atoms with Gasteiger partial charge in [-0.1, -0.05) is 104 Å². The minimum absolute atomic E-state index is 0.125. The molecule has 0 heterocycles. The first-order chi connectivity index (χ1) is 14.4. The molecule has 0 rings (SSSR count). The average Bonchev–Trinajstić information content (AvgIpc) is 2.69. The normalized spacial score (nSPS) is 13.4. The smallest absolute Gasteiger partial charge is 0.239 e. The second-order valence-corrected chi connectivity index (χ2v) is 9.37. The van der Waals surface area contributed by atoms with E-state index in [1.54, 1.807) is 6.92 Å². The van der Waals surface area contributed by atoms with E-state index in [9.17, 15) is 9.59 Å². The molecule has 0 aliphatic rings. The van der Waals surface area contributed by atoms with Crippen molar-refractivity contribution in [3.63, 3.8) is 0 Å². The molecule has 2 amide bonds. The number of amides is 2. The van der Waals surface area contributed by atoms with Gasteiger partial charge in [0.05, 0.1) is 6.04 Å². The van der Waals surface area contributed by atoms with Crippen LogP contribution in [0, 0.1) is 5.92 Å². The van der Waals surface area contributed by atoms with Crippen molar-refractivity contribution in [1.82, 2.24) is 10.6 Å². The van der Waals surface area contributed by atoms with Crippen LogP contribution in [0.5, 0.6) is 0 Å². The standard InChI is InChI=1S/C25H51N3O2/c1-5-6-7-8-9-10-11-12-13-14-15-16-17-18-19-27-23(20-21(2)3)25(30)28-22(4)24(26)29/h21-23,27H,5-20H2,1-4H3,(H2,26,29)(H,28,30). The molecule has 4 N–H and O–H groups in total. The van der Waals surface area contributed by atoms with E-state index in [2.05, 4.69) is 31.4 Å². The molecule has 0 bridgehead atoms. The fourth-order valence-corrected chi connectivity index (χ4v) is 3.74. The number of nitrogens with one attached hydrogen (secondary N) is 2. The number of hydrogen-bond donors (Lipinski definition) is 3. The van der Waals surface area contributed by atoms with Crippen LogP contribution in [0.2, 0.25) is 0 Å². The second kappa shape index (κ2) is 19.8. The van der Waals surface area contributed by atoms with Gasteiger partial charge in [0.2, 0.25) is 11.8 Å². The van der Waals surface area contributed by atoms with E-state index in [0.717, 1.165) is 19.4 Å². The summed E-state index contributed by atoms with van der Waals surface area (Å²) >= 11 is 0. The monoisotopic (exact) mass is 425 g/mol. The van der Waals surface area contributed by atoms with Crippen molar-refractivity contribution < 1.29 is 9.59 Å². The fraction of sp³-hybridized carbons (Fsp3) is 0.920. The highest BCUT2D eigenvalue weighted by Gasteiger charge is 2.22. The minimum Gasteiger partial charge on any atom is -0.368 e. The molecule has 0 radical (unpaired) electrons. The topological polar surface area (TPSA) is 84.2 Å². The van der Waals surface area contributed by atoms with E-state index in [1.165, 1.54) is 83.5 Å². The van der Waals surface area contributed by atoms with Gasteiger partial charge in [0.15, 0.2) is 0 Å². The van der Waals surface area contributed by atoms with E-state index < -0.39 is 11.9 Å². The summed E-state index contributed by atoms with van der Waals surface area (Å²) in [5.74, 6) is -0.215. The average molecular weight is 426 g/mol. The van der Waals surface area contributed by atoms with Crippen molar-refractivity contribution in [2.24, 2.45) is 11.7 Å². The second-order valence-electron chi connectivity index (χ2n) is 9.37. The van der Waals surface area contributed by atoms with Crippen LogP contribution in [-0.2, 0) is 9.59 Å². The summed E-state index contributed by atoms with van der Waals surface area (Å²) in [4.78, 5) is 23.6. The van der Waals surface area contributed by atoms with Gasteiger partial charge in [-0.15, -0.1) is 0 Å². The molecule has 0 spiro atoms. The van der Waals surface area contributed by atoms with Crippen LogP contribution in [0.15, 0.2) is 0 Å². The molecule has 0 aromatic carbocycles. The molecule has 178 valence electrons. The Labute approximate surface area is 186 Å². The van der Waals surface area contributed by atoms with Gasteiger partial charge < -0.3 is 16.4 Å². The third kappa shape index (κ3) is 17.7. The van der Waals surface area contributed by atoms with Gasteiger partial charge in [0.1, 0.15) is 6.04 Å². The summed E-state index contributed by atoms with van der Waals surface area (Å²) in [5, 5.41) is 6.09. The highest BCUT2D eigenvalue weighted by atomic mass is 16.2. The first kappa shape index (κ1) is 28.9. The first-order valence-corrected chi connectivity index (χ1v) is 12.7. The molecule has 30 heavy (non-hydrogen) atoms. The van der Waals surface area contributed by atoms with Gasteiger partial charge >= 0.3 is 0 Å². The molecule has 0 aromatic heterocycles. The fourth-order valence-electron chi connectivity index (χ4n) is 3.74. The van der Waals surface area contributed by atoms with Crippen molar-refractivity contribution in [2.75, 3.05) is 6.54 Å². The Balaban J connectivity index is 3.68. The Hall–Kier alpha value is -1.10. The lowest BCUT2D eigenvalue weighted by atomic mass is 10.0. The number of primary amides is 1. The minimum atomic E-state index is -0.630. The van der Waals surface area contributed by atoms with Gasteiger partial charge in [0, 0.05) is 0 Å². The van der Waals surface area contributed by atoms with Crippen LogP contribution in [0.25, 0.3) is 0 Å².